The molecule has 1 aromatic rings. The lowest BCUT2D eigenvalue weighted by atomic mass is 9.99. The van der Waals surface area contributed by atoms with Crippen molar-refractivity contribution in [3.05, 3.63) is 63.1 Å². The number of anilines is 1. The third-order valence-corrected chi connectivity index (χ3v) is 7.09. The number of ether oxygens (including phenoxy) is 2. The smallest absolute Gasteiger partial charge is 0.237 e. The first-order valence-electron chi connectivity index (χ1n) is 11.0. The van der Waals surface area contributed by atoms with Gasteiger partial charge in [0, 0.05) is 12.1 Å². The summed E-state index contributed by atoms with van der Waals surface area (Å²) in [6.07, 6.45) is 7.10. The van der Waals surface area contributed by atoms with E-state index in [1.807, 2.05) is 6.08 Å². The summed E-state index contributed by atoms with van der Waals surface area (Å²) in [5, 5.41) is 9.07. The van der Waals surface area contributed by atoms with Gasteiger partial charge in [-0.2, -0.15) is 0 Å². The van der Waals surface area contributed by atoms with Crippen LogP contribution in [0.2, 0.25) is 10.0 Å². The van der Waals surface area contributed by atoms with Crippen molar-refractivity contribution in [2.75, 3.05) is 32.1 Å². The minimum Gasteiger partial charge on any atom is -0.493 e. The molecular weight excluding hydrogens is 484 g/mol. The van der Waals surface area contributed by atoms with Crippen molar-refractivity contribution in [2.24, 2.45) is 4.99 Å². The largest absolute Gasteiger partial charge is 0.493 e. The van der Waals surface area contributed by atoms with Crippen molar-refractivity contribution in [3.8, 4) is 0 Å². The Balaban J connectivity index is 1.32. The highest BCUT2D eigenvalue weighted by atomic mass is 35.5. The number of benzene rings is 1. The molecule has 2 fully saturated rings. The predicted octanol–water partition coefficient (Wildman–Crippen LogP) is 3.16. The van der Waals surface area contributed by atoms with Crippen molar-refractivity contribution in [3.63, 3.8) is 0 Å². The number of piperazine rings is 1. The molecule has 3 aliphatic heterocycles. The summed E-state index contributed by atoms with van der Waals surface area (Å²) in [6, 6.07) is 2.54. The Bertz CT molecular complexity index is 1140. The minimum atomic E-state index is -0.649. The summed E-state index contributed by atoms with van der Waals surface area (Å²) in [7, 11) is 1.55. The first-order chi connectivity index (χ1) is 16.4. The highest BCUT2D eigenvalue weighted by Crippen LogP contribution is 2.33. The molecule has 11 heteroatoms. The molecule has 34 heavy (non-hydrogen) atoms. The number of aliphatic imine (C=N–C) groups is 1. The Morgan fingerprint density at radius 2 is 2.18 bits per heavy atom. The molecule has 0 spiro atoms. The molecule has 8 nitrogen and oxygen atoms in total. The van der Waals surface area contributed by atoms with Crippen LogP contribution in [0.3, 0.4) is 0 Å². The summed E-state index contributed by atoms with van der Waals surface area (Å²) in [5.74, 6) is 0.982. The Hall–Kier alpha value is -2.75. The van der Waals surface area contributed by atoms with Crippen LogP contribution in [0.4, 0.5) is 10.1 Å². The summed E-state index contributed by atoms with van der Waals surface area (Å²) in [6.45, 7) is 2.01. The second-order valence-electron chi connectivity index (χ2n) is 8.46. The number of carbonyl (C=O) groups is 1. The molecular formula is C23H24Cl2FN5O3. The van der Waals surface area contributed by atoms with Gasteiger partial charge in [-0.25, -0.2) is 4.39 Å². The maximum Gasteiger partial charge on any atom is 0.237 e. The lowest BCUT2D eigenvalue weighted by Gasteiger charge is -2.35. The Morgan fingerprint density at radius 3 is 3.00 bits per heavy atom. The lowest BCUT2D eigenvalue weighted by molar-refractivity contribution is -0.129. The van der Waals surface area contributed by atoms with Crippen LogP contribution in [0.5, 0.6) is 0 Å². The molecule has 0 aromatic heterocycles. The Morgan fingerprint density at radius 1 is 1.32 bits per heavy atom. The van der Waals surface area contributed by atoms with Gasteiger partial charge in [0.25, 0.3) is 0 Å². The molecule has 4 aliphatic rings. The van der Waals surface area contributed by atoms with E-state index in [-0.39, 0.29) is 39.8 Å². The maximum absolute atomic E-state index is 14.6. The predicted molar refractivity (Wildman–Crippen MR) is 128 cm³/mol. The molecule has 0 saturated carbocycles. The average Bonchev–Trinajstić information content (AvgIpc) is 3.32. The zero-order valence-corrected chi connectivity index (χ0v) is 19.9. The van der Waals surface area contributed by atoms with Crippen molar-refractivity contribution in [1.82, 2.24) is 15.5 Å². The summed E-state index contributed by atoms with van der Waals surface area (Å²) in [4.78, 5) is 19.0. The van der Waals surface area contributed by atoms with Crippen LogP contribution in [0, 0.1) is 5.82 Å². The van der Waals surface area contributed by atoms with Crippen molar-refractivity contribution in [2.45, 2.75) is 31.0 Å². The number of nitrogens with one attached hydrogen (secondary N) is 3. The van der Waals surface area contributed by atoms with E-state index < -0.39 is 5.82 Å². The van der Waals surface area contributed by atoms with E-state index in [1.165, 1.54) is 18.5 Å². The van der Waals surface area contributed by atoms with Gasteiger partial charge in [-0.15, -0.1) is 0 Å². The number of amides is 1. The van der Waals surface area contributed by atoms with Crippen molar-refractivity contribution < 1.29 is 18.7 Å². The van der Waals surface area contributed by atoms with E-state index in [4.69, 9.17) is 32.7 Å². The van der Waals surface area contributed by atoms with Gasteiger partial charge < -0.3 is 25.4 Å². The average molecular weight is 508 g/mol. The monoisotopic (exact) mass is 507 g/mol. The fourth-order valence-corrected chi connectivity index (χ4v) is 4.93. The van der Waals surface area contributed by atoms with Crippen LogP contribution in [-0.2, 0) is 14.3 Å². The van der Waals surface area contributed by atoms with Gasteiger partial charge >= 0.3 is 0 Å². The summed E-state index contributed by atoms with van der Waals surface area (Å²) >= 11 is 11.8. The van der Waals surface area contributed by atoms with Gasteiger partial charge in [0.2, 0.25) is 5.91 Å². The second kappa shape index (κ2) is 9.48. The molecule has 2 saturated heterocycles. The molecule has 1 aromatic carbocycles. The Labute approximate surface area is 206 Å². The van der Waals surface area contributed by atoms with Crippen molar-refractivity contribution >= 4 is 41.1 Å². The number of rotatable bonds is 6. The van der Waals surface area contributed by atoms with Crippen LogP contribution in [0.15, 0.2) is 52.2 Å². The van der Waals surface area contributed by atoms with E-state index in [2.05, 4.69) is 25.8 Å². The van der Waals surface area contributed by atoms with E-state index in [1.54, 1.807) is 13.2 Å². The zero-order valence-electron chi connectivity index (χ0n) is 18.4. The fraction of sp³-hybridized carbons (Fsp3) is 0.391. The first kappa shape index (κ1) is 23.0. The molecule has 1 aliphatic carbocycles. The van der Waals surface area contributed by atoms with Gasteiger partial charge in [-0.05, 0) is 43.7 Å². The van der Waals surface area contributed by atoms with E-state index in [0.29, 0.717) is 23.9 Å². The van der Waals surface area contributed by atoms with Gasteiger partial charge in [-0.1, -0.05) is 23.2 Å². The van der Waals surface area contributed by atoms with E-state index in [9.17, 15) is 9.18 Å². The quantitative estimate of drug-likeness (QED) is 0.512. The van der Waals surface area contributed by atoms with Crippen LogP contribution in [0.25, 0.3) is 0 Å². The number of carbonyl (C=O) groups excluding carboxylic acids is 1. The van der Waals surface area contributed by atoms with Gasteiger partial charge in [-0.3, -0.25) is 14.7 Å². The summed E-state index contributed by atoms with van der Waals surface area (Å²) in [5.41, 5.74) is 0.910. The first-order valence-corrected chi connectivity index (χ1v) is 11.8. The summed E-state index contributed by atoms with van der Waals surface area (Å²) < 4.78 is 26.2. The third-order valence-electron chi connectivity index (χ3n) is 6.31. The number of fused-ring (bicyclic) bond motifs is 2. The van der Waals surface area contributed by atoms with Crippen molar-refractivity contribution in [1.29, 1.82) is 0 Å². The number of hydrogen-bond acceptors (Lipinski definition) is 7. The second-order valence-corrected chi connectivity index (χ2v) is 9.24. The minimum absolute atomic E-state index is 0.0115. The lowest BCUT2D eigenvalue weighted by Crippen LogP contribution is -2.58. The van der Waals surface area contributed by atoms with E-state index >= 15 is 0 Å². The Kier molecular flexibility index (Phi) is 6.42. The molecule has 180 valence electrons. The van der Waals surface area contributed by atoms with Crippen LogP contribution in [0.1, 0.15) is 12.8 Å². The number of halogens is 3. The standard InChI is InChI=1S/C23H24Cl2FN5O3/c1-33-18-7-13-16(27-11-28-22(13)30-15-5-4-14(24)20(25)21(15)26)8-19(18)34-10-12-9-31-6-2-3-17(31)23(32)29-12/h4-5,7-8,11-12,16-17,30H,2-3,6,9-10H2,1H3,(H,27,28)(H,29,32)/t12-,16?,17?/m0/s1. The third kappa shape index (κ3) is 4.35. The molecule has 2 unspecified atom stereocenters. The molecule has 1 amide bonds. The van der Waals surface area contributed by atoms with Gasteiger partial charge in [0.1, 0.15) is 18.5 Å². The molecule has 0 bridgehead atoms. The normalized spacial score (nSPS) is 26.1. The van der Waals surface area contributed by atoms with Crippen LogP contribution >= 0.6 is 23.2 Å². The molecule has 3 N–H and O–H groups in total. The van der Waals surface area contributed by atoms with Crippen LogP contribution < -0.4 is 16.0 Å². The topological polar surface area (TPSA) is 87.2 Å². The van der Waals surface area contributed by atoms with Crippen LogP contribution in [-0.4, -0.2) is 62.1 Å². The van der Waals surface area contributed by atoms with Gasteiger partial charge in [0.15, 0.2) is 17.3 Å². The zero-order chi connectivity index (χ0) is 23.8. The van der Waals surface area contributed by atoms with Gasteiger partial charge in [0.05, 0.1) is 41.3 Å². The number of nitrogens with zero attached hydrogens (tertiary/aromatic N) is 2. The molecule has 5 rings (SSSR count). The number of hydrogen-bond donors (Lipinski definition) is 3. The molecule has 3 atom stereocenters. The highest BCUT2D eigenvalue weighted by Gasteiger charge is 2.38. The molecule has 3 heterocycles. The fourth-order valence-electron chi connectivity index (χ4n) is 4.62. The molecule has 0 radical (unpaired) electrons. The highest BCUT2D eigenvalue weighted by molar-refractivity contribution is 6.42. The van der Waals surface area contributed by atoms with E-state index in [0.717, 1.165) is 31.5 Å². The SMILES string of the molecule is COC1=CC2=C(Nc3ccc(Cl)c(Cl)c3F)NC=NC2C=C1OC[C@@H]1CN2CCCC2C(=O)N1. The number of methoxy groups -OCH3 is 1. The maximum atomic E-state index is 14.6.